The summed E-state index contributed by atoms with van der Waals surface area (Å²) in [5.74, 6) is 0.00215. The second-order valence-corrected chi connectivity index (χ2v) is 4.91. The minimum absolute atomic E-state index is 0.0234. The van der Waals surface area contributed by atoms with Gasteiger partial charge in [-0.1, -0.05) is 12.1 Å². The molecule has 0 spiro atoms. The molecule has 0 aliphatic heterocycles. The van der Waals surface area contributed by atoms with E-state index in [0.29, 0.717) is 36.7 Å². The van der Waals surface area contributed by atoms with Crippen LogP contribution in [0.2, 0.25) is 0 Å². The molecule has 3 rings (SSSR count). The molecule has 6 nitrogen and oxygen atoms in total. The Morgan fingerprint density at radius 3 is 2.55 bits per heavy atom. The highest BCUT2D eigenvalue weighted by atomic mass is 16.2. The summed E-state index contributed by atoms with van der Waals surface area (Å²) in [6.45, 7) is 0. The van der Waals surface area contributed by atoms with E-state index in [9.17, 15) is 9.59 Å². The first-order valence-corrected chi connectivity index (χ1v) is 6.64. The Labute approximate surface area is 115 Å². The maximum absolute atomic E-state index is 12.1. The highest BCUT2D eigenvalue weighted by molar-refractivity contribution is 5.92. The Kier molecular flexibility index (Phi) is 3.37. The van der Waals surface area contributed by atoms with Crippen LogP contribution in [0.4, 0.5) is 0 Å². The Morgan fingerprint density at radius 2 is 1.80 bits per heavy atom. The number of amides is 1. The third kappa shape index (κ3) is 2.64. The molecule has 1 aromatic carbocycles. The predicted molar refractivity (Wildman–Crippen MR) is 72.1 cm³/mol. The van der Waals surface area contributed by atoms with Gasteiger partial charge in [0.2, 0.25) is 5.82 Å². The van der Waals surface area contributed by atoms with Gasteiger partial charge in [0.25, 0.3) is 5.91 Å². The van der Waals surface area contributed by atoms with Crippen LogP contribution in [0, 0.1) is 0 Å². The number of nitrogens with zero attached hydrogens (tertiary/aromatic N) is 3. The fourth-order valence-electron chi connectivity index (χ4n) is 2.31. The van der Waals surface area contributed by atoms with Crippen molar-refractivity contribution >= 4 is 22.7 Å². The summed E-state index contributed by atoms with van der Waals surface area (Å²) in [6.07, 6.45) is 2.43. The molecule has 1 aliphatic carbocycles. The van der Waals surface area contributed by atoms with Crippen LogP contribution in [0.1, 0.15) is 36.3 Å². The zero-order chi connectivity index (χ0) is 13.9. The molecule has 102 valence electrons. The van der Waals surface area contributed by atoms with Crippen molar-refractivity contribution in [2.24, 2.45) is 0 Å². The number of rotatable bonds is 2. The lowest BCUT2D eigenvalue weighted by atomic mass is 9.94. The molecule has 1 heterocycles. The summed E-state index contributed by atoms with van der Waals surface area (Å²) in [5.41, 5.74) is 1.30. The van der Waals surface area contributed by atoms with E-state index in [1.807, 2.05) is 12.1 Å². The molecular weight excluding hydrogens is 256 g/mol. The fraction of sp³-hybridized carbons (Fsp3) is 0.357. The number of carbonyl (C=O) groups excluding carboxylic acids is 2. The second kappa shape index (κ2) is 5.32. The SMILES string of the molecule is O=C1CCC(NC(=O)c2nnc3ccccc3n2)CC1. The average Bonchev–Trinajstić information content (AvgIpc) is 2.49. The van der Waals surface area contributed by atoms with E-state index in [-0.39, 0.29) is 23.6 Å². The van der Waals surface area contributed by atoms with E-state index in [1.54, 1.807) is 12.1 Å². The lowest BCUT2D eigenvalue weighted by Gasteiger charge is -2.21. The first kappa shape index (κ1) is 12.7. The van der Waals surface area contributed by atoms with Gasteiger partial charge in [0.05, 0.1) is 5.52 Å². The van der Waals surface area contributed by atoms with Crippen molar-refractivity contribution in [3.05, 3.63) is 30.1 Å². The van der Waals surface area contributed by atoms with Crippen LogP contribution in [-0.2, 0) is 4.79 Å². The fourth-order valence-corrected chi connectivity index (χ4v) is 2.31. The number of para-hydroxylation sites is 1. The summed E-state index contributed by atoms with van der Waals surface area (Å²) in [6, 6.07) is 7.29. The highest BCUT2D eigenvalue weighted by Crippen LogP contribution is 2.15. The molecule has 1 amide bonds. The second-order valence-electron chi connectivity index (χ2n) is 4.91. The molecule has 0 saturated heterocycles. The summed E-state index contributed by atoms with van der Waals surface area (Å²) < 4.78 is 0. The van der Waals surface area contributed by atoms with Gasteiger partial charge in [-0.25, -0.2) is 4.98 Å². The van der Waals surface area contributed by atoms with Gasteiger partial charge in [-0.15, -0.1) is 10.2 Å². The number of Topliss-reactive ketones (excluding diaryl/α,β-unsaturated/α-hetero) is 1. The lowest BCUT2D eigenvalue weighted by Crippen LogP contribution is -2.38. The Bertz CT molecular complexity index is 661. The summed E-state index contributed by atoms with van der Waals surface area (Å²) in [7, 11) is 0. The van der Waals surface area contributed by atoms with Crippen LogP contribution in [0.25, 0.3) is 11.0 Å². The first-order valence-electron chi connectivity index (χ1n) is 6.64. The van der Waals surface area contributed by atoms with Gasteiger partial charge in [0.15, 0.2) is 0 Å². The van der Waals surface area contributed by atoms with Crippen LogP contribution in [0.3, 0.4) is 0 Å². The van der Waals surface area contributed by atoms with E-state index in [2.05, 4.69) is 20.5 Å². The molecule has 1 N–H and O–H groups in total. The monoisotopic (exact) mass is 270 g/mol. The van der Waals surface area contributed by atoms with Crippen molar-refractivity contribution in [2.45, 2.75) is 31.7 Å². The van der Waals surface area contributed by atoms with Gasteiger partial charge in [-0.2, -0.15) is 0 Å². The molecule has 1 fully saturated rings. The molecule has 0 bridgehead atoms. The van der Waals surface area contributed by atoms with Crippen molar-refractivity contribution < 1.29 is 9.59 Å². The van der Waals surface area contributed by atoms with Crippen LogP contribution in [0.15, 0.2) is 24.3 Å². The van der Waals surface area contributed by atoms with Crippen molar-refractivity contribution in [2.75, 3.05) is 0 Å². The topological polar surface area (TPSA) is 84.8 Å². The van der Waals surface area contributed by atoms with Crippen molar-refractivity contribution in [3.8, 4) is 0 Å². The number of hydrogen-bond donors (Lipinski definition) is 1. The van der Waals surface area contributed by atoms with E-state index in [4.69, 9.17) is 0 Å². The third-order valence-corrected chi connectivity index (χ3v) is 3.44. The Morgan fingerprint density at radius 1 is 1.10 bits per heavy atom. The molecule has 20 heavy (non-hydrogen) atoms. The summed E-state index contributed by atoms with van der Waals surface area (Å²) in [5, 5.41) is 10.7. The number of carbonyl (C=O) groups is 2. The molecule has 1 aromatic heterocycles. The smallest absolute Gasteiger partial charge is 0.291 e. The standard InChI is InChI=1S/C14H14N4O2/c19-10-7-5-9(6-8-10)15-14(20)13-16-11-3-1-2-4-12(11)17-18-13/h1-4,9H,5-8H2,(H,15,20). The number of nitrogens with one attached hydrogen (secondary N) is 1. The molecule has 2 aromatic rings. The van der Waals surface area contributed by atoms with E-state index in [0.717, 1.165) is 0 Å². The number of fused-ring (bicyclic) bond motifs is 1. The van der Waals surface area contributed by atoms with Crippen LogP contribution in [-0.4, -0.2) is 32.9 Å². The van der Waals surface area contributed by atoms with Gasteiger partial charge in [-0.3, -0.25) is 9.59 Å². The maximum Gasteiger partial charge on any atom is 0.291 e. The van der Waals surface area contributed by atoms with Gasteiger partial charge < -0.3 is 5.32 Å². The van der Waals surface area contributed by atoms with Crippen LogP contribution < -0.4 is 5.32 Å². The van der Waals surface area contributed by atoms with E-state index >= 15 is 0 Å². The molecular formula is C14H14N4O2. The quantitative estimate of drug-likeness (QED) is 0.888. The van der Waals surface area contributed by atoms with Gasteiger partial charge in [-0.05, 0) is 25.0 Å². The molecule has 0 unspecified atom stereocenters. The van der Waals surface area contributed by atoms with Gasteiger partial charge in [0.1, 0.15) is 11.3 Å². The highest BCUT2D eigenvalue weighted by Gasteiger charge is 2.22. The predicted octanol–water partition coefficient (Wildman–Crippen LogP) is 1.27. The zero-order valence-electron chi connectivity index (χ0n) is 10.9. The lowest BCUT2D eigenvalue weighted by molar-refractivity contribution is -0.120. The van der Waals surface area contributed by atoms with E-state index in [1.165, 1.54) is 0 Å². The Balaban J connectivity index is 1.73. The zero-order valence-corrected chi connectivity index (χ0v) is 10.9. The molecule has 0 atom stereocenters. The molecule has 1 aliphatic rings. The Hall–Kier alpha value is -2.37. The summed E-state index contributed by atoms with van der Waals surface area (Å²) in [4.78, 5) is 27.4. The number of ketones is 1. The molecule has 1 saturated carbocycles. The van der Waals surface area contributed by atoms with Crippen LogP contribution >= 0.6 is 0 Å². The van der Waals surface area contributed by atoms with Crippen molar-refractivity contribution in [3.63, 3.8) is 0 Å². The molecule has 0 radical (unpaired) electrons. The minimum Gasteiger partial charge on any atom is -0.346 e. The first-order chi connectivity index (χ1) is 9.72. The van der Waals surface area contributed by atoms with Crippen LogP contribution in [0.5, 0.6) is 0 Å². The van der Waals surface area contributed by atoms with E-state index < -0.39 is 0 Å². The van der Waals surface area contributed by atoms with Gasteiger partial charge in [0, 0.05) is 18.9 Å². The third-order valence-electron chi connectivity index (χ3n) is 3.44. The summed E-state index contributed by atoms with van der Waals surface area (Å²) >= 11 is 0. The largest absolute Gasteiger partial charge is 0.346 e. The number of hydrogen-bond acceptors (Lipinski definition) is 5. The minimum atomic E-state index is -0.331. The normalized spacial score (nSPS) is 16.3. The average molecular weight is 270 g/mol. The van der Waals surface area contributed by atoms with Crippen molar-refractivity contribution in [1.82, 2.24) is 20.5 Å². The van der Waals surface area contributed by atoms with Gasteiger partial charge >= 0.3 is 0 Å². The number of benzene rings is 1. The van der Waals surface area contributed by atoms with Crippen molar-refractivity contribution in [1.29, 1.82) is 0 Å². The number of aromatic nitrogens is 3. The maximum atomic E-state index is 12.1. The molecule has 6 heteroatoms.